The van der Waals surface area contributed by atoms with Crippen LogP contribution in [0, 0.1) is 0 Å². The zero-order valence-corrected chi connectivity index (χ0v) is 14.4. The number of rotatable bonds is 2. The van der Waals surface area contributed by atoms with Crippen molar-refractivity contribution in [2.75, 3.05) is 6.54 Å². The molecule has 4 nitrogen and oxygen atoms in total. The first kappa shape index (κ1) is 16.5. The van der Waals surface area contributed by atoms with Gasteiger partial charge in [-0.2, -0.15) is 0 Å². The third kappa shape index (κ3) is 3.42. The van der Waals surface area contributed by atoms with E-state index in [1.807, 2.05) is 63.2 Å². The van der Waals surface area contributed by atoms with Gasteiger partial charge in [0.25, 0.3) is 0 Å². The summed E-state index contributed by atoms with van der Waals surface area (Å²) in [5.41, 5.74) is 0.0881. The highest BCUT2D eigenvalue weighted by Crippen LogP contribution is 2.25. The zero-order valence-electron chi connectivity index (χ0n) is 14.4. The minimum Gasteiger partial charge on any atom is -0.444 e. The van der Waals surface area contributed by atoms with Gasteiger partial charge < -0.3 is 4.74 Å². The normalized spacial score (nSPS) is 18.0. The summed E-state index contributed by atoms with van der Waals surface area (Å²) < 4.78 is 5.44. The molecule has 126 valence electrons. The predicted octanol–water partition coefficient (Wildman–Crippen LogP) is 4.42. The molecule has 0 bridgehead atoms. The number of hydrogen-bond acceptors (Lipinski definition) is 3. The summed E-state index contributed by atoms with van der Waals surface area (Å²) in [6.45, 7) is 6.07. The van der Waals surface area contributed by atoms with Crippen LogP contribution in [0.25, 0.3) is 10.8 Å². The predicted molar refractivity (Wildman–Crippen MR) is 94.2 cm³/mol. The Morgan fingerprint density at radius 3 is 2.50 bits per heavy atom. The Balaban J connectivity index is 1.83. The second-order valence-corrected chi connectivity index (χ2v) is 7.26. The van der Waals surface area contributed by atoms with Crippen LogP contribution >= 0.6 is 0 Å². The highest BCUT2D eigenvalue weighted by molar-refractivity contribution is 6.04. The van der Waals surface area contributed by atoms with Gasteiger partial charge in [0.15, 0.2) is 5.78 Å². The van der Waals surface area contributed by atoms with E-state index in [2.05, 4.69) is 0 Å². The molecule has 1 fully saturated rings. The quantitative estimate of drug-likeness (QED) is 0.768. The van der Waals surface area contributed by atoms with Gasteiger partial charge in [-0.15, -0.1) is 0 Å². The summed E-state index contributed by atoms with van der Waals surface area (Å²) in [5.74, 6) is -0.0101. The molecule has 1 aliphatic rings. The molecule has 0 unspecified atom stereocenters. The number of hydrogen-bond donors (Lipinski definition) is 0. The van der Waals surface area contributed by atoms with Crippen LogP contribution in [0.5, 0.6) is 0 Å². The molecule has 0 aromatic heterocycles. The molecular weight excluding hydrogens is 302 g/mol. The molecule has 3 rings (SSSR count). The van der Waals surface area contributed by atoms with Gasteiger partial charge >= 0.3 is 6.09 Å². The summed E-state index contributed by atoms with van der Waals surface area (Å²) in [6.07, 6.45) is 1.10. The largest absolute Gasteiger partial charge is 0.444 e. The summed E-state index contributed by atoms with van der Waals surface area (Å²) in [6, 6.07) is 13.2. The first-order valence-electron chi connectivity index (χ1n) is 8.38. The van der Waals surface area contributed by atoms with E-state index in [1.165, 1.54) is 0 Å². The molecule has 0 N–H and O–H groups in total. The van der Waals surface area contributed by atoms with Crippen LogP contribution in [0.4, 0.5) is 4.79 Å². The Hall–Kier alpha value is -2.36. The molecule has 0 saturated carbocycles. The smallest absolute Gasteiger partial charge is 0.410 e. The first-order chi connectivity index (χ1) is 11.3. The van der Waals surface area contributed by atoms with Gasteiger partial charge in [0, 0.05) is 12.1 Å². The fourth-order valence-corrected chi connectivity index (χ4v) is 3.11. The number of nitrogens with zero attached hydrogens (tertiary/aromatic N) is 1. The average molecular weight is 325 g/mol. The maximum atomic E-state index is 12.9. The number of fused-ring (bicyclic) bond motifs is 1. The van der Waals surface area contributed by atoms with Gasteiger partial charge in [-0.05, 0) is 50.5 Å². The molecular formula is C20H23NO3. The fourth-order valence-electron chi connectivity index (χ4n) is 3.11. The Labute approximate surface area is 142 Å². The van der Waals surface area contributed by atoms with E-state index >= 15 is 0 Å². The topological polar surface area (TPSA) is 46.6 Å². The number of amides is 1. The number of ether oxygens (including phenoxy) is 1. The number of benzene rings is 2. The van der Waals surface area contributed by atoms with Crippen LogP contribution in [-0.2, 0) is 4.74 Å². The van der Waals surface area contributed by atoms with E-state index < -0.39 is 17.7 Å². The summed E-state index contributed by atoms with van der Waals surface area (Å²) in [5, 5.41) is 2.13. The van der Waals surface area contributed by atoms with E-state index in [-0.39, 0.29) is 5.78 Å². The molecule has 0 radical (unpaired) electrons. The fraction of sp³-hybridized carbons (Fsp3) is 0.400. The van der Waals surface area contributed by atoms with Gasteiger partial charge in [-0.1, -0.05) is 36.4 Å². The molecule has 0 spiro atoms. The van der Waals surface area contributed by atoms with Crippen molar-refractivity contribution in [2.24, 2.45) is 0 Å². The minimum atomic E-state index is -0.559. The maximum Gasteiger partial charge on any atom is 0.410 e. The number of carbonyl (C=O) groups excluding carboxylic acids is 2. The average Bonchev–Trinajstić information content (AvgIpc) is 3.02. The lowest BCUT2D eigenvalue weighted by molar-refractivity contribution is 0.0222. The van der Waals surface area contributed by atoms with E-state index in [9.17, 15) is 9.59 Å². The molecule has 1 heterocycles. The van der Waals surface area contributed by atoms with Gasteiger partial charge in [-0.25, -0.2) is 4.79 Å². The van der Waals surface area contributed by atoms with E-state index in [0.29, 0.717) is 18.5 Å². The van der Waals surface area contributed by atoms with Crippen LogP contribution in [0.3, 0.4) is 0 Å². The van der Waals surface area contributed by atoms with Crippen molar-refractivity contribution in [3.63, 3.8) is 0 Å². The van der Waals surface area contributed by atoms with Crippen molar-refractivity contribution in [2.45, 2.75) is 45.3 Å². The van der Waals surface area contributed by atoms with Crippen molar-refractivity contribution >= 4 is 22.6 Å². The van der Waals surface area contributed by atoms with E-state index in [0.717, 1.165) is 17.2 Å². The molecule has 0 aliphatic carbocycles. The SMILES string of the molecule is CC(C)(C)OC(=O)N1CCC[C@@H]1C(=O)c1ccc2ccccc2c1. The number of likely N-dealkylation sites (tertiary alicyclic amines) is 1. The number of ketones is 1. The van der Waals surface area contributed by atoms with Crippen LogP contribution in [0.15, 0.2) is 42.5 Å². The Kier molecular flexibility index (Phi) is 4.31. The lowest BCUT2D eigenvalue weighted by Crippen LogP contribution is -2.43. The standard InChI is InChI=1S/C20H23NO3/c1-20(2,3)24-19(23)21-12-6-9-17(21)18(22)16-11-10-14-7-4-5-8-15(14)13-16/h4-5,7-8,10-11,13,17H,6,9,12H2,1-3H3/t17-/m1/s1. The molecule has 1 atom stereocenters. The summed E-state index contributed by atoms with van der Waals surface area (Å²) >= 11 is 0. The van der Waals surface area contributed by atoms with Crippen LogP contribution in [0.2, 0.25) is 0 Å². The maximum absolute atomic E-state index is 12.9. The molecule has 1 amide bonds. The van der Waals surface area contributed by atoms with Gasteiger partial charge in [0.2, 0.25) is 0 Å². The lowest BCUT2D eigenvalue weighted by atomic mass is 9.99. The van der Waals surface area contributed by atoms with Crippen molar-refractivity contribution in [1.29, 1.82) is 0 Å². The summed E-state index contributed by atoms with van der Waals surface area (Å²) in [4.78, 5) is 26.9. The first-order valence-corrected chi connectivity index (χ1v) is 8.38. The number of Topliss-reactive ketones (excluding diaryl/α,β-unsaturated/α-hetero) is 1. The van der Waals surface area contributed by atoms with Crippen molar-refractivity contribution in [3.8, 4) is 0 Å². The van der Waals surface area contributed by atoms with Crippen molar-refractivity contribution in [3.05, 3.63) is 48.0 Å². The van der Waals surface area contributed by atoms with Crippen molar-refractivity contribution in [1.82, 2.24) is 4.90 Å². The highest BCUT2D eigenvalue weighted by Gasteiger charge is 2.36. The third-order valence-electron chi connectivity index (χ3n) is 4.22. The molecule has 2 aromatic carbocycles. The van der Waals surface area contributed by atoms with Crippen molar-refractivity contribution < 1.29 is 14.3 Å². The lowest BCUT2D eigenvalue weighted by Gasteiger charge is -2.28. The number of carbonyl (C=O) groups is 2. The summed E-state index contributed by atoms with van der Waals surface area (Å²) in [7, 11) is 0. The molecule has 4 heteroatoms. The highest BCUT2D eigenvalue weighted by atomic mass is 16.6. The van der Waals surface area contributed by atoms with Gasteiger partial charge in [-0.3, -0.25) is 9.69 Å². The van der Waals surface area contributed by atoms with Crippen LogP contribution < -0.4 is 0 Å². The van der Waals surface area contributed by atoms with Gasteiger partial charge in [0.1, 0.15) is 5.60 Å². The van der Waals surface area contributed by atoms with E-state index in [4.69, 9.17) is 4.74 Å². The second-order valence-electron chi connectivity index (χ2n) is 7.26. The Bertz CT molecular complexity index is 776. The Morgan fingerprint density at radius 2 is 1.79 bits per heavy atom. The van der Waals surface area contributed by atoms with Gasteiger partial charge in [0.05, 0.1) is 6.04 Å². The second kappa shape index (κ2) is 6.27. The van der Waals surface area contributed by atoms with E-state index in [1.54, 1.807) is 4.90 Å². The zero-order chi connectivity index (χ0) is 17.3. The third-order valence-corrected chi connectivity index (χ3v) is 4.22. The van der Waals surface area contributed by atoms with Crippen LogP contribution in [-0.4, -0.2) is 35.0 Å². The molecule has 1 aliphatic heterocycles. The molecule has 1 saturated heterocycles. The molecule has 24 heavy (non-hydrogen) atoms. The molecule has 2 aromatic rings. The minimum absolute atomic E-state index is 0.0101. The Morgan fingerprint density at radius 1 is 1.08 bits per heavy atom. The van der Waals surface area contributed by atoms with Crippen LogP contribution in [0.1, 0.15) is 44.0 Å². The monoisotopic (exact) mass is 325 g/mol.